The van der Waals surface area contributed by atoms with Crippen LogP contribution < -0.4 is 11.3 Å². The third-order valence-corrected chi connectivity index (χ3v) is 3.53. The van der Waals surface area contributed by atoms with E-state index in [0.717, 1.165) is 11.3 Å². The highest BCUT2D eigenvalue weighted by atomic mass is 32.1. The van der Waals surface area contributed by atoms with Crippen LogP contribution in [0.2, 0.25) is 0 Å². The smallest absolute Gasteiger partial charge is 0.0803 e. The second-order valence-electron chi connectivity index (χ2n) is 3.78. The van der Waals surface area contributed by atoms with Gasteiger partial charge in [0.2, 0.25) is 0 Å². The summed E-state index contributed by atoms with van der Waals surface area (Å²) in [6.07, 6.45) is 1.81. The largest absolute Gasteiger partial charge is 0.271 e. The maximum Gasteiger partial charge on any atom is 0.0803 e. The third kappa shape index (κ3) is 2.29. The molecule has 2 aromatic rings. The molecule has 3 nitrogen and oxygen atoms in total. The number of nitrogens with two attached hydrogens (primary N) is 1. The second-order valence-corrected chi connectivity index (χ2v) is 5.10. The van der Waals surface area contributed by atoms with Crippen molar-refractivity contribution in [1.29, 1.82) is 0 Å². The molecule has 0 saturated carbocycles. The highest BCUT2D eigenvalue weighted by Crippen LogP contribution is 2.27. The van der Waals surface area contributed by atoms with E-state index in [1.165, 1.54) is 9.75 Å². The predicted octanol–water partition coefficient (Wildman–Crippen LogP) is 2.31. The number of hydrogen-bond donors (Lipinski definition) is 2. The summed E-state index contributed by atoms with van der Waals surface area (Å²) in [5.41, 5.74) is 5.01. The summed E-state index contributed by atoms with van der Waals surface area (Å²) < 4.78 is 0. The van der Waals surface area contributed by atoms with Gasteiger partial charge in [-0.15, -0.1) is 11.3 Å². The second kappa shape index (κ2) is 4.74. The fraction of sp³-hybridized carbons (Fsp3) is 0.250. The average molecular weight is 233 g/mol. The number of nitrogens with one attached hydrogen (secondary N) is 1. The lowest BCUT2D eigenvalue weighted by Gasteiger charge is -2.14. The lowest BCUT2D eigenvalue weighted by atomic mass is 10.1. The number of hydrazine groups is 1. The number of aromatic nitrogens is 1. The molecule has 0 aliphatic rings. The molecule has 0 spiro atoms. The molecule has 0 fully saturated rings. The van der Waals surface area contributed by atoms with E-state index < -0.39 is 0 Å². The van der Waals surface area contributed by atoms with Crippen molar-refractivity contribution in [1.82, 2.24) is 10.4 Å². The molecule has 1 unspecified atom stereocenters. The highest BCUT2D eigenvalue weighted by molar-refractivity contribution is 7.12. The standard InChI is InChI=1S/C12H15N3S/c1-8-7-10(5-6-14-8)12(15-13)11-4-3-9(2)16-11/h3-7,12,15H,13H2,1-2H3. The zero-order valence-corrected chi connectivity index (χ0v) is 10.2. The van der Waals surface area contributed by atoms with Gasteiger partial charge in [-0.3, -0.25) is 10.8 Å². The number of rotatable bonds is 3. The molecule has 0 aromatic carbocycles. The lowest BCUT2D eigenvalue weighted by molar-refractivity contribution is 0.645. The molecule has 0 aliphatic heterocycles. The van der Waals surface area contributed by atoms with Crippen molar-refractivity contribution in [2.24, 2.45) is 5.84 Å². The topological polar surface area (TPSA) is 50.9 Å². The van der Waals surface area contributed by atoms with Gasteiger partial charge in [-0.25, -0.2) is 5.43 Å². The van der Waals surface area contributed by atoms with Crippen LogP contribution in [0.15, 0.2) is 30.5 Å². The van der Waals surface area contributed by atoms with E-state index in [-0.39, 0.29) is 6.04 Å². The van der Waals surface area contributed by atoms with Crippen molar-refractivity contribution < 1.29 is 0 Å². The van der Waals surface area contributed by atoms with Crippen LogP contribution >= 0.6 is 11.3 Å². The summed E-state index contributed by atoms with van der Waals surface area (Å²) in [4.78, 5) is 6.71. The zero-order valence-electron chi connectivity index (χ0n) is 9.40. The van der Waals surface area contributed by atoms with E-state index in [9.17, 15) is 0 Å². The van der Waals surface area contributed by atoms with Gasteiger partial charge in [0.05, 0.1) is 6.04 Å². The molecule has 3 N–H and O–H groups in total. The van der Waals surface area contributed by atoms with Crippen LogP contribution in [0.3, 0.4) is 0 Å². The van der Waals surface area contributed by atoms with Crippen LogP contribution in [-0.2, 0) is 0 Å². The van der Waals surface area contributed by atoms with Gasteiger partial charge < -0.3 is 0 Å². The molecular weight excluding hydrogens is 218 g/mol. The van der Waals surface area contributed by atoms with E-state index in [1.54, 1.807) is 11.3 Å². The molecule has 0 radical (unpaired) electrons. The van der Waals surface area contributed by atoms with Crippen LogP contribution in [0.25, 0.3) is 0 Å². The fourth-order valence-corrected chi connectivity index (χ4v) is 2.66. The zero-order chi connectivity index (χ0) is 11.5. The number of hydrogen-bond acceptors (Lipinski definition) is 4. The molecule has 2 aromatic heterocycles. The lowest BCUT2D eigenvalue weighted by Crippen LogP contribution is -2.28. The Morgan fingerprint density at radius 1 is 1.31 bits per heavy atom. The van der Waals surface area contributed by atoms with Crippen molar-refractivity contribution in [3.05, 3.63) is 51.5 Å². The first-order chi connectivity index (χ1) is 7.70. The van der Waals surface area contributed by atoms with Gasteiger partial charge in [0.15, 0.2) is 0 Å². The monoisotopic (exact) mass is 233 g/mol. The Kier molecular flexibility index (Phi) is 3.33. The van der Waals surface area contributed by atoms with Gasteiger partial charge in [-0.1, -0.05) is 0 Å². The molecule has 4 heteroatoms. The fourth-order valence-electron chi connectivity index (χ4n) is 1.70. The summed E-state index contributed by atoms with van der Waals surface area (Å²) in [6.45, 7) is 4.08. The molecule has 0 amide bonds. The van der Waals surface area contributed by atoms with Gasteiger partial charge in [0, 0.05) is 21.6 Å². The first kappa shape index (κ1) is 11.3. The molecule has 1 atom stereocenters. The van der Waals surface area contributed by atoms with Crippen LogP contribution in [0.4, 0.5) is 0 Å². The van der Waals surface area contributed by atoms with Crippen molar-refractivity contribution in [2.45, 2.75) is 19.9 Å². The Balaban J connectivity index is 2.36. The van der Waals surface area contributed by atoms with Crippen LogP contribution in [0.1, 0.15) is 27.1 Å². The third-order valence-electron chi connectivity index (χ3n) is 2.47. The maximum absolute atomic E-state index is 5.63. The highest BCUT2D eigenvalue weighted by Gasteiger charge is 2.14. The van der Waals surface area contributed by atoms with E-state index in [2.05, 4.69) is 35.5 Å². The molecule has 16 heavy (non-hydrogen) atoms. The Hall–Kier alpha value is -1.23. The van der Waals surface area contributed by atoms with Crippen molar-refractivity contribution in [3.8, 4) is 0 Å². The number of aryl methyl sites for hydroxylation is 2. The molecule has 0 saturated heterocycles. The Morgan fingerprint density at radius 2 is 2.12 bits per heavy atom. The summed E-state index contributed by atoms with van der Waals surface area (Å²) in [7, 11) is 0. The Morgan fingerprint density at radius 3 is 2.69 bits per heavy atom. The number of pyridine rings is 1. The first-order valence-corrected chi connectivity index (χ1v) is 5.97. The van der Waals surface area contributed by atoms with Gasteiger partial charge in [0.25, 0.3) is 0 Å². The SMILES string of the molecule is Cc1cc(C(NN)c2ccc(C)s2)ccn1. The maximum atomic E-state index is 5.63. The van der Waals surface area contributed by atoms with Crippen LogP contribution in [-0.4, -0.2) is 4.98 Å². The summed E-state index contributed by atoms with van der Waals surface area (Å²) in [6, 6.07) is 8.32. The molecule has 2 heterocycles. The van der Waals surface area contributed by atoms with Gasteiger partial charge in [-0.2, -0.15) is 0 Å². The van der Waals surface area contributed by atoms with Crippen molar-refractivity contribution in [3.63, 3.8) is 0 Å². The van der Waals surface area contributed by atoms with Crippen LogP contribution in [0.5, 0.6) is 0 Å². The summed E-state index contributed by atoms with van der Waals surface area (Å²) >= 11 is 1.76. The van der Waals surface area contributed by atoms with E-state index in [4.69, 9.17) is 5.84 Å². The molecule has 0 bridgehead atoms. The van der Waals surface area contributed by atoms with Crippen LogP contribution in [0, 0.1) is 13.8 Å². The Bertz CT molecular complexity index is 479. The quantitative estimate of drug-likeness (QED) is 0.632. The molecule has 0 aliphatic carbocycles. The average Bonchev–Trinajstić information content (AvgIpc) is 2.66. The minimum Gasteiger partial charge on any atom is -0.271 e. The predicted molar refractivity (Wildman–Crippen MR) is 67.2 cm³/mol. The van der Waals surface area contributed by atoms with Gasteiger partial charge in [-0.05, 0) is 43.7 Å². The van der Waals surface area contributed by atoms with Crippen molar-refractivity contribution in [2.75, 3.05) is 0 Å². The van der Waals surface area contributed by atoms with E-state index >= 15 is 0 Å². The minimum absolute atomic E-state index is 0.0559. The number of nitrogens with zero attached hydrogens (tertiary/aromatic N) is 1. The normalized spacial score (nSPS) is 12.7. The molecular formula is C12H15N3S. The Labute approximate surface area is 99.3 Å². The summed E-state index contributed by atoms with van der Waals surface area (Å²) in [5, 5.41) is 0. The van der Waals surface area contributed by atoms with E-state index in [0.29, 0.717) is 0 Å². The van der Waals surface area contributed by atoms with Crippen molar-refractivity contribution >= 4 is 11.3 Å². The minimum atomic E-state index is 0.0559. The summed E-state index contributed by atoms with van der Waals surface area (Å²) in [5.74, 6) is 5.63. The van der Waals surface area contributed by atoms with E-state index in [1.807, 2.05) is 19.2 Å². The molecule has 2 rings (SSSR count). The molecule has 84 valence electrons. The van der Waals surface area contributed by atoms with Gasteiger partial charge in [0.1, 0.15) is 0 Å². The first-order valence-electron chi connectivity index (χ1n) is 5.15. The number of thiophene rings is 1. The van der Waals surface area contributed by atoms with Gasteiger partial charge >= 0.3 is 0 Å².